The molecule has 1 aliphatic carbocycles. The number of aryl methyl sites for hydroxylation is 1. The zero-order valence-electron chi connectivity index (χ0n) is 17.0. The summed E-state index contributed by atoms with van der Waals surface area (Å²) >= 11 is 0. The van der Waals surface area contributed by atoms with Gasteiger partial charge in [0.2, 0.25) is 0 Å². The van der Waals surface area contributed by atoms with Crippen molar-refractivity contribution < 1.29 is 23.2 Å². The molecule has 8 heteroatoms. The number of nitrogens with zero attached hydrogens (tertiary/aromatic N) is 3. The van der Waals surface area contributed by atoms with Crippen molar-refractivity contribution in [3.63, 3.8) is 0 Å². The van der Waals surface area contributed by atoms with Gasteiger partial charge >= 0.3 is 5.97 Å². The number of rotatable bonds is 6. The number of carbonyl (C=O) groups is 2. The molecular formula is C22H22FN3O4. The van der Waals surface area contributed by atoms with Crippen LogP contribution in [0.4, 0.5) is 4.39 Å². The summed E-state index contributed by atoms with van der Waals surface area (Å²) < 4.78 is 24.1. The topological polar surface area (TPSA) is 85.5 Å². The number of pyridine rings is 1. The van der Waals surface area contributed by atoms with Crippen LogP contribution in [0.1, 0.15) is 53.0 Å². The number of esters is 1. The summed E-state index contributed by atoms with van der Waals surface area (Å²) in [5, 5.41) is 4.40. The Balaban J connectivity index is 1.50. The first-order chi connectivity index (χ1) is 14.3. The highest BCUT2D eigenvalue weighted by Gasteiger charge is 2.30. The minimum atomic E-state index is -1.01. The van der Waals surface area contributed by atoms with Gasteiger partial charge in [-0.15, -0.1) is 0 Å². The lowest BCUT2D eigenvalue weighted by Crippen LogP contribution is -2.37. The van der Waals surface area contributed by atoms with Crippen molar-refractivity contribution in [3.05, 3.63) is 58.7 Å². The molecular weight excluding hydrogens is 389 g/mol. The van der Waals surface area contributed by atoms with Crippen LogP contribution < -0.4 is 0 Å². The van der Waals surface area contributed by atoms with Gasteiger partial charge in [0, 0.05) is 25.2 Å². The first-order valence-corrected chi connectivity index (χ1v) is 9.81. The summed E-state index contributed by atoms with van der Waals surface area (Å²) in [5.74, 6) is -1.08. The van der Waals surface area contributed by atoms with E-state index in [1.165, 1.54) is 24.0 Å². The van der Waals surface area contributed by atoms with Crippen LogP contribution in [-0.4, -0.2) is 40.1 Å². The van der Waals surface area contributed by atoms with Gasteiger partial charge in [0.1, 0.15) is 5.82 Å². The number of aromatic nitrogens is 2. The Morgan fingerprint density at radius 3 is 2.80 bits per heavy atom. The molecule has 2 heterocycles. The van der Waals surface area contributed by atoms with Crippen LogP contribution >= 0.6 is 0 Å². The molecule has 0 N–H and O–H groups in total. The van der Waals surface area contributed by atoms with Gasteiger partial charge in [-0.3, -0.25) is 4.79 Å². The maximum absolute atomic E-state index is 13.4. The van der Waals surface area contributed by atoms with Crippen LogP contribution in [0.15, 0.2) is 34.9 Å². The zero-order chi connectivity index (χ0) is 21.4. The molecule has 3 aromatic rings. The minimum Gasteiger partial charge on any atom is -0.449 e. The molecule has 1 saturated carbocycles. The Kier molecular flexibility index (Phi) is 5.24. The van der Waals surface area contributed by atoms with Crippen LogP contribution in [0.5, 0.6) is 0 Å². The molecule has 0 aliphatic heterocycles. The highest BCUT2D eigenvalue weighted by atomic mass is 19.1. The maximum Gasteiger partial charge on any atom is 0.339 e. The Bertz CT molecular complexity index is 1120. The molecule has 30 heavy (non-hydrogen) atoms. The quantitative estimate of drug-likeness (QED) is 0.574. The van der Waals surface area contributed by atoms with Gasteiger partial charge in [0.15, 0.2) is 6.10 Å². The van der Waals surface area contributed by atoms with Gasteiger partial charge < -0.3 is 14.2 Å². The third kappa shape index (κ3) is 4.03. The molecule has 0 bridgehead atoms. The van der Waals surface area contributed by atoms with Crippen molar-refractivity contribution in [2.75, 3.05) is 7.05 Å². The van der Waals surface area contributed by atoms with Crippen LogP contribution in [0.25, 0.3) is 11.1 Å². The van der Waals surface area contributed by atoms with E-state index in [4.69, 9.17) is 9.26 Å². The van der Waals surface area contributed by atoms with E-state index in [-0.39, 0.29) is 18.3 Å². The number of hydrogen-bond donors (Lipinski definition) is 0. The number of fused-ring (bicyclic) bond motifs is 1. The summed E-state index contributed by atoms with van der Waals surface area (Å²) in [6.45, 7) is 3.44. The second kappa shape index (κ2) is 7.85. The molecule has 7 nitrogen and oxygen atoms in total. The fraction of sp³-hybridized carbons (Fsp3) is 0.364. The SMILES string of the molecule is Cc1noc2nc(C3CC3)cc(C(=O)OC(C)C(=O)N(C)Cc3cccc(F)c3)c12. The van der Waals surface area contributed by atoms with Gasteiger partial charge in [-0.05, 0) is 50.5 Å². The van der Waals surface area contributed by atoms with Gasteiger partial charge in [0.25, 0.3) is 11.6 Å². The Morgan fingerprint density at radius 2 is 2.10 bits per heavy atom. The Morgan fingerprint density at radius 1 is 1.33 bits per heavy atom. The van der Waals surface area contributed by atoms with Gasteiger partial charge in [-0.25, -0.2) is 14.2 Å². The normalized spacial score (nSPS) is 14.5. The van der Waals surface area contributed by atoms with Crippen molar-refractivity contribution in [1.82, 2.24) is 15.0 Å². The van der Waals surface area contributed by atoms with Crippen LogP contribution in [-0.2, 0) is 16.1 Å². The second-order valence-corrected chi connectivity index (χ2v) is 7.69. The molecule has 1 amide bonds. The number of carbonyl (C=O) groups excluding carboxylic acids is 2. The van der Waals surface area contributed by atoms with E-state index < -0.39 is 12.1 Å². The third-order valence-electron chi connectivity index (χ3n) is 5.17. The Labute approximate surface area is 172 Å². The first kappa shape index (κ1) is 20.0. The molecule has 1 fully saturated rings. The fourth-order valence-corrected chi connectivity index (χ4v) is 3.43. The molecule has 1 atom stereocenters. The van der Waals surface area contributed by atoms with Crippen LogP contribution in [0.3, 0.4) is 0 Å². The predicted octanol–water partition coefficient (Wildman–Crippen LogP) is 3.75. The molecule has 0 saturated heterocycles. The number of halogens is 1. The number of likely N-dealkylation sites (N-methyl/N-ethyl adjacent to an activating group) is 1. The molecule has 0 spiro atoms. The van der Waals surface area contributed by atoms with Gasteiger partial charge in [0.05, 0.1) is 16.6 Å². The Hall–Kier alpha value is -3.29. The zero-order valence-corrected chi connectivity index (χ0v) is 17.0. The largest absolute Gasteiger partial charge is 0.449 e. The molecule has 1 aliphatic rings. The van der Waals surface area contributed by atoms with E-state index in [2.05, 4.69) is 10.1 Å². The summed E-state index contributed by atoms with van der Waals surface area (Å²) in [6.07, 6.45) is 1.02. The number of ether oxygens (including phenoxy) is 1. The molecule has 2 aromatic heterocycles. The fourth-order valence-electron chi connectivity index (χ4n) is 3.43. The smallest absolute Gasteiger partial charge is 0.339 e. The van der Waals surface area contributed by atoms with Crippen LogP contribution in [0.2, 0.25) is 0 Å². The van der Waals surface area contributed by atoms with Crippen molar-refractivity contribution in [2.24, 2.45) is 0 Å². The average Bonchev–Trinajstić information content (AvgIpc) is 3.50. The van der Waals surface area contributed by atoms with Gasteiger partial charge in [-0.1, -0.05) is 17.3 Å². The average molecular weight is 411 g/mol. The van der Waals surface area contributed by atoms with Gasteiger partial charge in [-0.2, -0.15) is 0 Å². The van der Waals surface area contributed by atoms with Crippen molar-refractivity contribution >= 4 is 23.0 Å². The molecule has 156 valence electrons. The standard InChI is InChI=1S/C22H22FN3O4/c1-12-19-17(10-18(15-7-8-15)24-20(19)30-25-12)22(28)29-13(2)21(27)26(3)11-14-5-4-6-16(23)9-14/h4-6,9-10,13,15H,7-8,11H2,1-3H3. The number of benzene rings is 1. The highest BCUT2D eigenvalue weighted by molar-refractivity contribution is 6.04. The summed E-state index contributed by atoms with van der Waals surface area (Å²) in [6, 6.07) is 7.72. The van der Waals surface area contributed by atoms with E-state index in [0.29, 0.717) is 33.8 Å². The van der Waals surface area contributed by atoms with E-state index in [9.17, 15) is 14.0 Å². The molecule has 4 rings (SSSR count). The summed E-state index contributed by atoms with van der Waals surface area (Å²) in [7, 11) is 1.58. The van der Waals surface area contributed by atoms with E-state index in [1.807, 2.05) is 0 Å². The third-order valence-corrected chi connectivity index (χ3v) is 5.17. The molecule has 1 unspecified atom stereocenters. The van der Waals surface area contributed by atoms with Crippen molar-refractivity contribution in [1.29, 1.82) is 0 Å². The van der Waals surface area contributed by atoms with Crippen LogP contribution in [0, 0.1) is 12.7 Å². The van der Waals surface area contributed by atoms with E-state index in [1.54, 1.807) is 32.2 Å². The van der Waals surface area contributed by atoms with E-state index >= 15 is 0 Å². The minimum absolute atomic E-state index is 0.203. The highest BCUT2D eigenvalue weighted by Crippen LogP contribution is 2.40. The lowest BCUT2D eigenvalue weighted by molar-refractivity contribution is -0.139. The first-order valence-electron chi connectivity index (χ1n) is 9.81. The monoisotopic (exact) mass is 411 g/mol. The van der Waals surface area contributed by atoms with E-state index in [0.717, 1.165) is 18.5 Å². The lowest BCUT2D eigenvalue weighted by atomic mass is 10.1. The summed E-state index contributed by atoms with van der Waals surface area (Å²) in [4.78, 5) is 31.4. The second-order valence-electron chi connectivity index (χ2n) is 7.69. The lowest BCUT2D eigenvalue weighted by Gasteiger charge is -2.21. The maximum atomic E-state index is 13.4. The summed E-state index contributed by atoms with van der Waals surface area (Å²) in [5.41, 5.74) is 2.55. The van der Waals surface area contributed by atoms with Crippen molar-refractivity contribution in [3.8, 4) is 0 Å². The number of amides is 1. The predicted molar refractivity (Wildman–Crippen MR) is 106 cm³/mol. The number of hydrogen-bond acceptors (Lipinski definition) is 6. The van der Waals surface area contributed by atoms with Crippen molar-refractivity contribution in [2.45, 2.75) is 45.3 Å². The molecule has 1 aromatic carbocycles. The molecule has 0 radical (unpaired) electrons.